The highest BCUT2D eigenvalue weighted by Crippen LogP contribution is 2.29. The average molecular weight is 302 g/mol. The van der Waals surface area contributed by atoms with E-state index in [2.05, 4.69) is 4.74 Å². The first kappa shape index (κ1) is 16.3. The Morgan fingerprint density at radius 2 is 1.86 bits per heavy atom. The minimum Gasteiger partial charge on any atom is -0.469 e. The predicted octanol–water partition coefficient (Wildman–Crippen LogP) is 3.02. The molecule has 4 nitrogen and oxygen atoms in total. The highest BCUT2D eigenvalue weighted by molar-refractivity contribution is 5.82. The molecule has 1 aromatic carbocycles. The first-order chi connectivity index (χ1) is 10.4. The van der Waals surface area contributed by atoms with Crippen LogP contribution in [0.25, 0.3) is 0 Å². The number of hydrogen-bond donors (Lipinski definition) is 0. The number of carbonyl (C=O) groups excluding carboxylic acids is 2. The van der Waals surface area contributed by atoms with E-state index in [-0.39, 0.29) is 24.0 Å². The lowest BCUT2D eigenvalue weighted by atomic mass is 9.85. The van der Waals surface area contributed by atoms with Gasteiger partial charge < -0.3 is 9.47 Å². The second kappa shape index (κ2) is 6.77. The summed E-state index contributed by atoms with van der Waals surface area (Å²) in [5, 5.41) is 0. The molecule has 118 valence electrons. The molecule has 0 bridgehead atoms. The first-order valence-electron chi connectivity index (χ1n) is 7.45. The summed E-state index contributed by atoms with van der Waals surface area (Å²) in [4.78, 5) is 23.7. The zero-order valence-electron chi connectivity index (χ0n) is 13.2. The monoisotopic (exact) mass is 302 g/mol. The van der Waals surface area contributed by atoms with E-state index in [4.69, 9.17) is 4.74 Å². The Morgan fingerprint density at radius 3 is 2.50 bits per heavy atom. The Hall–Kier alpha value is -2.10. The van der Waals surface area contributed by atoms with E-state index in [0.717, 1.165) is 5.56 Å². The molecule has 0 saturated heterocycles. The topological polar surface area (TPSA) is 52.6 Å². The van der Waals surface area contributed by atoms with Gasteiger partial charge in [-0.2, -0.15) is 0 Å². The van der Waals surface area contributed by atoms with Crippen LogP contribution in [0.2, 0.25) is 0 Å². The maximum Gasteiger partial charge on any atom is 0.316 e. The summed E-state index contributed by atoms with van der Waals surface area (Å²) < 4.78 is 10.3. The summed E-state index contributed by atoms with van der Waals surface area (Å²) in [5.41, 5.74) is 0.225. The van der Waals surface area contributed by atoms with Crippen molar-refractivity contribution in [3.63, 3.8) is 0 Å². The van der Waals surface area contributed by atoms with Crippen LogP contribution in [0.5, 0.6) is 0 Å². The number of methoxy groups -OCH3 is 1. The van der Waals surface area contributed by atoms with Crippen LogP contribution in [0.3, 0.4) is 0 Å². The van der Waals surface area contributed by atoms with Gasteiger partial charge >= 0.3 is 11.9 Å². The van der Waals surface area contributed by atoms with Gasteiger partial charge in [0.15, 0.2) is 0 Å². The largest absolute Gasteiger partial charge is 0.469 e. The van der Waals surface area contributed by atoms with Crippen molar-refractivity contribution >= 4 is 11.9 Å². The minimum atomic E-state index is -0.699. The van der Waals surface area contributed by atoms with Crippen LogP contribution in [0, 0.1) is 5.92 Å². The van der Waals surface area contributed by atoms with E-state index in [9.17, 15) is 9.59 Å². The number of rotatable bonds is 5. The van der Waals surface area contributed by atoms with Gasteiger partial charge in [-0.15, -0.1) is 0 Å². The highest BCUT2D eigenvalue weighted by atomic mass is 16.5. The Morgan fingerprint density at radius 1 is 1.18 bits per heavy atom. The number of carbonyl (C=O) groups is 2. The molecule has 0 unspecified atom stereocenters. The van der Waals surface area contributed by atoms with Crippen LogP contribution < -0.4 is 0 Å². The second-order valence-electron chi connectivity index (χ2n) is 6.10. The quantitative estimate of drug-likeness (QED) is 0.620. The SMILES string of the molecule is COC(=O)C[C@H]1C=C[C@@H](OC(=O)C(C)(C)c2ccccc2)C1. The maximum atomic E-state index is 12.5. The molecule has 2 rings (SSSR count). The molecule has 0 aromatic heterocycles. The van der Waals surface area contributed by atoms with Gasteiger partial charge in [0, 0.05) is 0 Å². The summed E-state index contributed by atoms with van der Waals surface area (Å²) in [6.07, 6.45) is 4.45. The van der Waals surface area contributed by atoms with Gasteiger partial charge in [0.1, 0.15) is 6.10 Å². The van der Waals surface area contributed by atoms with E-state index in [1.165, 1.54) is 7.11 Å². The van der Waals surface area contributed by atoms with E-state index < -0.39 is 5.41 Å². The van der Waals surface area contributed by atoms with Crippen molar-refractivity contribution in [3.05, 3.63) is 48.0 Å². The molecule has 0 spiro atoms. The Labute approximate surface area is 131 Å². The fourth-order valence-electron chi connectivity index (χ4n) is 2.53. The third-order valence-corrected chi connectivity index (χ3v) is 4.05. The summed E-state index contributed by atoms with van der Waals surface area (Å²) in [5.74, 6) is -0.427. The van der Waals surface area contributed by atoms with E-state index in [1.54, 1.807) is 0 Å². The fraction of sp³-hybridized carbons (Fsp3) is 0.444. The molecule has 0 heterocycles. The smallest absolute Gasteiger partial charge is 0.316 e. The molecule has 22 heavy (non-hydrogen) atoms. The Bertz CT molecular complexity index is 560. The number of benzene rings is 1. The Kier molecular flexibility index (Phi) is 5.01. The zero-order chi connectivity index (χ0) is 16.2. The molecule has 4 heteroatoms. The molecule has 0 aliphatic heterocycles. The number of esters is 2. The molecule has 1 aromatic rings. The lowest BCUT2D eigenvalue weighted by Gasteiger charge is -2.25. The molecule has 0 N–H and O–H groups in total. The third kappa shape index (κ3) is 3.75. The maximum absolute atomic E-state index is 12.5. The molecule has 1 aliphatic carbocycles. The number of hydrogen-bond acceptors (Lipinski definition) is 4. The zero-order valence-corrected chi connectivity index (χ0v) is 13.2. The predicted molar refractivity (Wildman–Crippen MR) is 83.2 cm³/mol. The molecule has 0 fully saturated rings. The van der Waals surface area contributed by atoms with Crippen LogP contribution in [0.4, 0.5) is 0 Å². The summed E-state index contributed by atoms with van der Waals surface area (Å²) in [6, 6.07) is 9.58. The van der Waals surface area contributed by atoms with Gasteiger partial charge in [-0.1, -0.05) is 36.4 Å². The van der Waals surface area contributed by atoms with Crippen molar-refractivity contribution < 1.29 is 19.1 Å². The molecule has 0 radical (unpaired) electrons. The fourth-order valence-corrected chi connectivity index (χ4v) is 2.53. The van der Waals surface area contributed by atoms with Gasteiger partial charge in [0.05, 0.1) is 18.9 Å². The van der Waals surface area contributed by atoms with Crippen molar-refractivity contribution in [1.29, 1.82) is 0 Å². The lowest BCUT2D eigenvalue weighted by Crippen LogP contribution is -2.33. The number of ether oxygens (including phenoxy) is 2. The summed E-state index contributed by atoms with van der Waals surface area (Å²) >= 11 is 0. The standard InChI is InChI=1S/C18H22O4/c1-18(2,14-7-5-4-6-8-14)17(20)22-15-10-9-13(11-15)12-16(19)21-3/h4-10,13,15H,11-12H2,1-3H3/t13-,15+/m0/s1. The van der Waals surface area contributed by atoms with Crippen LogP contribution in [0.15, 0.2) is 42.5 Å². The van der Waals surface area contributed by atoms with Gasteiger partial charge in [-0.3, -0.25) is 9.59 Å². The molecular weight excluding hydrogens is 280 g/mol. The normalized spacial score (nSPS) is 20.7. The van der Waals surface area contributed by atoms with Crippen molar-refractivity contribution in [2.45, 2.75) is 38.2 Å². The van der Waals surface area contributed by atoms with Gasteiger partial charge in [-0.25, -0.2) is 0 Å². The van der Waals surface area contributed by atoms with Crippen LogP contribution >= 0.6 is 0 Å². The van der Waals surface area contributed by atoms with E-state index in [0.29, 0.717) is 12.8 Å². The second-order valence-corrected chi connectivity index (χ2v) is 6.10. The van der Waals surface area contributed by atoms with Crippen molar-refractivity contribution in [2.24, 2.45) is 5.92 Å². The van der Waals surface area contributed by atoms with Crippen molar-refractivity contribution in [3.8, 4) is 0 Å². The molecular formula is C18H22O4. The lowest BCUT2D eigenvalue weighted by molar-refractivity contribution is -0.152. The van der Waals surface area contributed by atoms with Gasteiger partial charge in [0.2, 0.25) is 0 Å². The van der Waals surface area contributed by atoms with Crippen LogP contribution in [0.1, 0.15) is 32.3 Å². The molecule has 2 atom stereocenters. The Balaban J connectivity index is 1.93. The van der Waals surface area contributed by atoms with E-state index >= 15 is 0 Å². The minimum absolute atomic E-state index is 0.0742. The van der Waals surface area contributed by atoms with Crippen LogP contribution in [-0.2, 0) is 24.5 Å². The highest BCUT2D eigenvalue weighted by Gasteiger charge is 2.34. The van der Waals surface area contributed by atoms with Gasteiger partial charge in [0.25, 0.3) is 0 Å². The molecule has 0 amide bonds. The van der Waals surface area contributed by atoms with Crippen molar-refractivity contribution in [2.75, 3.05) is 7.11 Å². The number of allylic oxidation sites excluding steroid dienone is 1. The summed E-state index contributed by atoms with van der Waals surface area (Å²) in [6.45, 7) is 3.71. The average Bonchev–Trinajstić information content (AvgIpc) is 2.95. The van der Waals surface area contributed by atoms with Crippen molar-refractivity contribution in [1.82, 2.24) is 0 Å². The first-order valence-corrected chi connectivity index (χ1v) is 7.45. The molecule has 1 aliphatic rings. The third-order valence-electron chi connectivity index (χ3n) is 4.05. The van der Waals surface area contributed by atoms with Crippen LogP contribution in [-0.4, -0.2) is 25.2 Å². The summed E-state index contributed by atoms with van der Waals surface area (Å²) in [7, 11) is 1.38. The van der Waals surface area contributed by atoms with Gasteiger partial charge in [-0.05, 0) is 37.8 Å². The van der Waals surface area contributed by atoms with E-state index in [1.807, 2.05) is 56.3 Å². The molecule has 0 saturated carbocycles.